The highest BCUT2D eigenvalue weighted by Gasteiger charge is 2.21. The van der Waals surface area contributed by atoms with Crippen molar-refractivity contribution < 1.29 is 17.9 Å². The Bertz CT molecular complexity index is 601. The lowest BCUT2D eigenvalue weighted by molar-refractivity contribution is 0.254. The molecule has 0 fully saturated rings. The number of nitrogens with one attached hydrogen (secondary N) is 2. The summed E-state index contributed by atoms with van der Waals surface area (Å²) in [7, 11) is -0.126. The molecule has 2 rings (SSSR count). The van der Waals surface area contributed by atoms with Crippen LogP contribution in [0.3, 0.4) is 0 Å². The number of sulfonamides is 1. The zero-order chi connectivity index (χ0) is 15.5. The Hall–Kier alpha value is -1.31. The van der Waals surface area contributed by atoms with E-state index in [4.69, 9.17) is 9.47 Å². The number of rotatable bonds is 7. The minimum Gasteiger partial charge on any atom is -0.496 e. The minimum atomic E-state index is -3.17. The van der Waals surface area contributed by atoms with E-state index in [9.17, 15) is 8.42 Å². The molecule has 0 radical (unpaired) electrons. The molecule has 0 saturated carbocycles. The lowest BCUT2D eigenvalue weighted by Gasteiger charge is -2.12. The Morgan fingerprint density at radius 1 is 1.43 bits per heavy atom. The number of ether oxygens (including phenoxy) is 2. The molecule has 2 N–H and O–H groups in total. The normalized spacial score (nSPS) is 17.4. The van der Waals surface area contributed by atoms with Gasteiger partial charge in [-0.2, -0.15) is 0 Å². The Morgan fingerprint density at radius 3 is 2.86 bits per heavy atom. The average molecular weight is 314 g/mol. The summed E-state index contributed by atoms with van der Waals surface area (Å²) in [4.78, 5) is 0. The molecule has 6 nitrogen and oxygen atoms in total. The Kier molecular flexibility index (Phi) is 5.08. The molecule has 0 amide bonds. The summed E-state index contributed by atoms with van der Waals surface area (Å²) in [6, 6.07) is 3.97. The predicted octanol–water partition coefficient (Wildman–Crippen LogP) is 0.657. The van der Waals surface area contributed by atoms with Crippen LogP contribution in [0.1, 0.15) is 18.1 Å². The second kappa shape index (κ2) is 6.64. The third kappa shape index (κ3) is 4.09. The maximum Gasteiger partial charge on any atom is 0.212 e. The first-order valence-electron chi connectivity index (χ1n) is 6.93. The van der Waals surface area contributed by atoms with E-state index >= 15 is 0 Å². The van der Waals surface area contributed by atoms with E-state index in [2.05, 4.69) is 10.0 Å². The average Bonchev–Trinajstić information content (AvgIpc) is 2.81. The number of hydrogen-bond acceptors (Lipinski definition) is 5. The van der Waals surface area contributed by atoms with E-state index in [1.807, 2.05) is 19.1 Å². The van der Waals surface area contributed by atoms with E-state index in [1.54, 1.807) is 7.11 Å². The van der Waals surface area contributed by atoms with Crippen molar-refractivity contribution in [3.8, 4) is 11.5 Å². The van der Waals surface area contributed by atoms with Crippen LogP contribution in [0.5, 0.6) is 11.5 Å². The van der Waals surface area contributed by atoms with Gasteiger partial charge in [0, 0.05) is 30.6 Å². The summed E-state index contributed by atoms with van der Waals surface area (Å²) < 4.78 is 36.1. The van der Waals surface area contributed by atoms with Crippen LogP contribution in [0.25, 0.3) is 0 Å². The van der Waals surface area contributed by atoms with Gasteiger partial charge in [0.25, 0.3) is 0 Å². The van der Waals surface area contributed by atoms with Gasteiger partial charge in [-0.3, -0.25) is 0 Å². The van der Waals surface area contributed by atoms with Gasteiger partial charge in [-0.05, 0) is 26.1 Å². The second-order valence-corrected chi connectivity index (χ2v) is 7.15. The zero-order valence-corrected chi connectivity index (χ0v) is 13.4. The number of benzene rings is 1. The van der Waals surface area contributed by atoms with Crippen LogP contribution in [0.4, 0.5) is 0 Å². The van der Waals surface area contributed by atoms with Crippen LogP contribution in [-0.2, 0) is 23.0 Å². The van der Waals surface area contributed by atoms with Gasteiger partial charge in [-0.25, -0.2) is 13.1 Å². The van der Waals surface area contributed by atoms with Crippen LogP contribution in [0, 0.1) is 0 Å². The molecule has 1 unspecified atom stereocenters. The predicted molar refractivity (Wildman–Crippen MR) is 81.3 cm³/mol. The molecule has 0 spiro atoms. The van der Waals surface area contributed by atoms with E-state index in [0.29, 0.717) is 13.1 Å². The first-order chi connectivity index (χ1) is 9.95. The van der Waals surface area contributed by atoms with E-state index in [0.717, 1.165) is 29.0 Å². The molecule has 1 aliphatic heterocycles. The highest BCUT2D eigenvalue weighted by Crippen LogP contribution is 2.34. The van der Waals surface area contributed by atoms with Crippen LogP contribution in [0.15, 0.2) is 12.1 Å². The highest BCUT2D eigenvalue weighted by atomic mass is 32.2. The molecule has 0 aromatic heterocycles. The van der Waals surface area contributed by atoms with Crippen LogP contribution in [-0.4, -0.2) is 41.0 Å². The molecular weight excluding hydrogens is 292 g/mol. The Morgan fingerprint density at radius 2 is 2.19 bits per heavy atom. The molecule has 0 bridgehead atoms. The fraction of sp³-hybridized carbons (Fsp3) is 0.571. The molecule has 0 aliphatic carbocycles. The lowest BCUT2D eigenvalue weighted by atomic mass is 10.1. The van der Waals surface area contributed by atoms with Crippen molar-refractivity contribution in [3.05, 3.63) is 23.3 Å². The summed E-state index contributed by atoms with van der Waals surface area (Å²) in [5, 5.41) is 3.11. The van der Waals surface area contributed by atoms with Crippen molar-refractivity contribution in [2.45, 2.75) is 26.0 Å². The first kappa shape index (κ1) is 16.1. The molecular formula is C14H22N2O4S. The fourth-order valence-electron chi connectivity index (χ4n) is 2.34. The van der Waals surface area contributed by atoms with Crippen molar-refractivity contribution in [2.24, 2.45) is 0 Å². The molecule has 0 saturated heterocycles. The van der Waals surface area contributed by atoms with E-state index < -0.39 is 10.0 Å². The molecule has 1 aliphatic rings. The third-order valence-corrected chi connectivity index (χ3v) is 4.84. The SMILES string of the molecule is CNS(=O)(=O)CCNCc1cc2c(cc1OC)CC(C)O2. The van der Waals surface area contributed by atoms with Gasteiger partial charge >= 0.3 is 0 Å². The maximum atomic E-state index is 11.3. The Balaban J connectivity index is 1.99. The largest absolute Gasteiger partial charge is 0.496 e. The van der Waals surface area contributed by atoms with Crippen LogP contribution in [0.2, 0.25) is 0 Å². The van der Waals surface area contributed by atoms with Crippen molar-refractivity contribution in [3.63, 3.8) is 0 Å². The molecule has 21 heavy (non-hydrogen) atoms. The van der Waals surface area contributed by atoms with Gasteiger partial charge in [0.2, 0.25) is 10.0 Å². The van der Waals surface area contributed by atoms with Crippen molar-refractivity contribution in [1.82, 2.24) is 10.0 Å². The minimum absolute atomic E-state index is 0.0459. The van der Waals surface area contributed by atoms with E-state index in [-0.39, 0.29) is 11.9 Å². The molecule has 1 heterocycles. The third-order valence-electron chi connectivity index (χ3n) is 3.47. The zero-order valence-electron chi connectivity index (χ0n) is 12.6. The molecule has 1 aromatic carbocycles. The fourth-order valence-corrected chi connectivity index (χ4v) is 2.96. The molecule has 118 valence electrons. The van der Waals surface area contributed by atoms with Gasteiger partial charge in [0.15, 0.2) is 0 Å². The van der Waals surface area contributed by atoms with Crippen molar-refractivity contribution >= 4 is 10.0 Å². The standard InChI is InChI=1S/C14H22N2O4S/c1-10-6-11-7-13(19-3)12(8-14(11)20-10)9-16-4-5-21(17,18)15-2/h7-8,10,15-16H,4-6,9H2,1-3H3. The Labute approximate surface area is 125 Å². The quantitative estimate of drug-likeness (QED) is 0.723. The monoisotopic (exact) mass is 314 g/mol. The summed E-state index contributed by atoms with van der Waals surface area (Å²) in [6.45, 7) is 2.95. The van der Waals surface area contributed by atoms with Gasteiger partial charge in [0.1, 0.15) is 17.6 Å². The summed E-state index contributed by atoms with van der Waals surface area (Å²) in [5.41, 5.74) is 2.12. The highest BCUT2D eigenvalue weighted by molar-refractivity contribution is 7.89. The summed E-state index contributed by atoms with van der Waals surface area (Å²) in [6.07, 6.45) is 1.08. The second-order valence-electron chi connectivity index (χ2n) is 5.10. The molecule has 1 atom stereocenters. The maximum absolute atomic E-state index is 11.3. The molecule has 1 aromatic rings. The number of hydrogen-bond donors (Lipinski definition) is 2. The number of methoxy groups -OCH3 is 1. The summed E-state index contributed by atoms with van der Waals surface area (Å²) >= 11 is 0. The van der Waals surface area contributed by atoms with Crippen molar-refractivity contribution in [2.75, 3.05) is 26.5 Å². The van der Waals surface area contributed by atoms with Gasteiger partial charge in [-0.1, -0.05) is 0 Å². The van der Waals surface area contributed by atoms with Crippen molar-refractivity contribution in [1.29, 1.82) is 0 Å². The smallest absolute Gasteiger partial charge is 0.212 e. The first-order valence-corrected chi connectivity index (χ1v) is 8.59. The van der Waals surface area contributed by atoms with E-state index in [1.165, 1.54) is 7.05 Å². The van der Waals surface area contributed by atoms with Gasteiger partial charge < -0.3 is 14.8 Å². The lowest BCUT2D eigenvalue weighted by Crippen LogP contribution is -2.29. The topological polar surface area (TPSA) is 76.7 Å². The van der Waals surface area contributed by atoms with Gasteiger partial charge in [-0.15, -0.1) is 0 Å². The molecule has 7 heteroatoms. The van der Waals surface area contributed by atoms with Crippen LogP contribution < -0.4 is 19.5 Å². The van der Waals surface area contributed by atoms with Gasteiger partial charge in [0.05, 0.1) is 12.9 Å². The summed E-state index contributed by atoms with van der Waals surface area (Å²) in [5.74, 6) is 1.74. The number of fused-ring (bicyclic) bond motifs is 1. The van der Waals surface area contributed by atoms with Crippen LogP contribution >= 0.6 is 0 Å².